The van der Waals surface area contributed by atoms with E-state index in [0.29, 0.717) is 0 Å². The van der Waals surface area contributed by atoms with E-state index >= 15 is 0 Å². The molecule has 0 aromatic heterocycles. The van der Waals surface area contributed by atoms with Crippen LogP contribution in [0.1, 0.15) is 31.4 Å². The molecule has 0 amide bonds. The van der Waals surface area contributed by atoms with E-state index in [1.165, 1.54) is 11.1 Å². The Labute approximate surface area is 96.6 Å². The second kappa shape index (κ2) is 4.28. The van der Waals surface area contributed by atoms with Crippen molar-refractivity contribution in [2.75, 3.05) is 0 Å². The Hall–Kier alpha value is -1.31. The van der Waals surface area contributed by atoms with Gasteiger partial charge in [-0.3, -0.25) is 4.79 Å². The zero-order chi connectivity index (χ0) is 11.7. The Morgan fingerprint density at radius 2 is 2.31 bits per heavy atom. The highest BCUT2D eigenvalue weighted by molar-refractivity contribution is 5.86. The highest BCUT2D eigenvalue weighted by atomic mass is 16.5. The average Bonchev–Trinajstić information content (AvgIpc) is 2.72. The van der Waals surface area contributed by atoms with Crippen molar-refractivity contribution in [2.24, 2.45) is 5.92 Å². The third-order valence-corrected chi connectivity index (χ3v) is 3.44. The van der Waals surface area contributed by atoms with Gasteiger partial charge in [-0.2, -0.15) is 0 Å². The summed E-state index contributed by atoms with van der Waals surface area (Å²) in [7, 11) is 0. The van der Waals surface area contributed by atoms with Crippen LogP contribution in [0.5, 0.6) is 5.75 Å². The third-order valence-electron chi connectivity index (χ3n) is 3.44. The van der Waals surface area contributed by atoms with Crippen LogP contribution in [0.4, 0.5) is 0 Å². The molecule has 0 bridgehead atoms. The molecule has 2 heteroatoms. The van der Waals surface area contributed by atoms with Crippen molar-refractivity contribution in [3.8, 4) is 5.75 Å². The first-order valence-corrected chi connectivity index (χ1v) is 5.92. The highest BCUT2D eigenvalue weighted by Gasteiger charge is 2.31. The molecule has 0 radical (unpaired) electrons. The van der Waals surface area contributed by atoms with Gasteiger partial charge in [-0.15, -0.1) is 0 Å². The van der Waals surface area contributed by atoms with E-state index in [-0.39, 0.29) is 17.8 Å². The molecule has 0 saturated heterocycles. The molecule has 0 N–H and O–H groups in total. The summed E-state index contributed by atoms with van der Waals surface area (Å²) < 4.78 is 5.72. The van der Waals surface area contributed by atoms with E-state index in [1.807, 2.05) is 26.0 Å². The minimum absolute atomic E-state index is 0.0969. The smallest absolute Gasteiger partial charge is 0.176 e. The lowest BCUT2D eigenvalue weighted by molar-refractivity contribution is -0.128. The molecule has 2 unspecified atom stereocenters. The first-order valence-electron chi connectivity index (χ1n) is 5.92. The molecule has 2 nitrogen and oxygen atoms in total. The van der Waals surface area contributed by atoms with E-state index in [1.54, 1.807) is 0 Å². The number of hydrogen-bond donors (Lipinski definition) is 0. The van der Waals surface area contributed by atoms with Crippen molar-refractivity contribution in [1.82, 2.24) is 0 Å². The number of benzene rings is 1. The molecule has 1 aliphatic heterocycles. The number of carbonyl (C=O) groups excluding carboxylic acids is 1. The quantitative estimate of drug-likeness (QED) is 0.779. The second-order valence-corrected chi connectivity index (χ2v) is 4.57. The molecule has 0 fully saturated rings. The monoisotopic (exact) mass is 218 g/mol. The van der Waals surface area contributed by atoms with E-state index in [9.17, 15) is 4.79 Å². The fourth-order valence-corrected chi connectivity index (χ4v) is 2.10. The molecule has 16 heavy (non-hydrogen) atoms. The Morgan fingerprint density at radius 3 is 2.94 bits per heavy atom. The predicted molar refractivity (Wildman–Crippen MR) is 63.8 cm³/mol. The van der Waals surface area contributed by atoms with Gasteiger partial charge in [0.1, 0.15) is 5.75 Å². The summed E-state index contributed by atoms with van der Waals surface area (Å²) in [5.41, 5.74) is 2.42. The molecule has 1 aliphatic rings. The van der Waals surface area contributed by atoms with Gasteiger partial charge in [0.05, 0.1) is 0 Å². The lowest BCUT2D eigenvalue weighted by Gasteiger charge is -2.13. The molecular formula is C14H18O2. The summed E-state index contributed by atoms with van der Waals surface area (Å²) in [6.45, 7) is 6.08. The van der Waals surface area contributed by atoms with Crippen LogP contribution in [0, 0.1) is 12.8 Å². The van der Waals surface area contributed by atoms with Crippen molar-refractivity contribution in [3.63, 3.8) is 0 Å². The summed E-state index contributed by atoms with van der Waals surface area (Å²) >= 11 is 0. The third kappa shape index (κ3) is 1.84. The zero-order valence-electron chi connectivity index (χ0n) is 10.1. The van der Waals surface area contributed by atoms with Crippen LogP contribution < -0.4 is 4.74 Å². The van der Waals surface area contributed by atoms with E-state index in [4.69, 9.17) is 4.74 Å². The van der Waals surface area contributed by atoms with E-state index in [2.05, 4.69) is 13.0 Å². The molecule has 1 heterocycles. The van der Waals surface area contributed by atoms with Crippen LogP contribution in [0.3, 0.4) is 0 Å². The van der Waals surface area contributed by atoms with Crippen LogP contribution in [0.25, 0.3) is 0 Å². The number of rotatable bonds is 3. The van der Waals surface area contributed by atoms with Gasteiger partial charge in [0.15, 0.2) is 11.9 Å². The molecule has 1 aromatic carbocycles. The predicted octanol–water partition coefficient (Wildman–Crippen LogP) is 2.91. The minimum Gasteiger partial charge on any atom is -0.482 e. The normalized spacial score (nSPS) is 20.1. The van der Waals surface area contributed by atoms with Gasteiger partial charge >= 0.3 is 0 Å². The summed E-state index contributed by atoms with van der Waals surface area (Å²) in [5, 5.41) is 0. The van der Waals surface area contributed by atoms with Gasteiger partial charge in [-0.25, -0.2) is 0 Å². The molecular weight excluding hydrogens is 200 g/mol. The molecule has 0 aliphatic carbocycles. The fourth-order valence-electron chi connectivity index (χ4n) is 2.10. The number of aryl methyl sites for hydroxylation is 1. The maximum Gasteiger partial charge on any atom is 0.176 e. The summed E-state index contributed by atoms with van der Waals surface area (Å²) in [6.07, 6.45) is 1.37. The van der Waals surface area contributed by atoms with Crippen molar-refractivity contribution in [1.29, 1.82) is 0 Å². The average molecular weight is 218 g/mol. The Morgan fingerprint density at radius 1 is 1.56 bits per heavy atom. The van der Waals surface area contributed by atoms with Crippen LogP contribution in [0.15, 0.2) is 18.2 Å². The maximum absolute atomic E-state index is 12.0. The highest BCUT2D eigenvalue weighted by Crippen LogP contribution is 2.32. The number of fused-ring (bicyclic) bond motifs is 1. The standard InChI is InChI=1S/C14H18O2/c1-4-9(2)14(15)13-8-11-10(3)6-5-7-12(11)16-13/h5-7,9,13H,4,8H2,1-3H3. The van der Waals surface area contributed by atoms with Gasteiger partial charge in [-0.05, 0) is 25.0 Å². The van der Waals surface area contributed by atoms with Gasteiger partial charge in [-0.1, -0.05) is 26.0 Å². The molecule has 0 saturated carbocycles. The lowest BCUT2D eigenvalue weighted by Crippen LogP contribution is -2.30. The fraction of sp³-hybridized carbons (Fsp3) is 0.500. The van der Waals surface area contributed by atoms with Gasteiger partial charge in [0.25, 0.3) is 0 Å². The first kappa shape index (κ1) is 11.2. The second-order valence-electron chi connectivity index (χ2n) is 4.57. The molecule has 2 rings (SSSR count). The van der Waals surface area contributed by atoms with Crippen molar-refractivity contribution in [3.05, 3.63) is 29.3 Å². The Kier molecular flexibility index (Phi) is 2.99. The zero-order valence-corrected chi connectivity index (χ0v) is 10.1. The van der Waals surface area contributed by atoms with Crippen LogP contribution >= 0.6 is 0 Å². The number of carbonyl (C=O) groups is 1. The van der Waals surface area contributed by atoms with Crippen LogP contribution in [-0.2, 0) is 11.2 Å². The molecule has 1 aromatic rings. The maximum atomic E-state index is 12.0. The summed E-state index contributed by atoms with van der Waals surface area (Å²) in [5.74, 6) is 1.22. The van der Waals surface area contributed by atoms with Gasteiger partial charge in [0, 0.05) is 17.9 Å². The SMILES string of the molecule is CCC(C)C(=O)C1Cc2c(C)cccc2O1. The van der Waals surface area contributed by atoms with E-state index < -0.39 is 0 Å². The Bertz CT molecular complexity index is 409. The largest absolute Gasteiger partial charge is 0.482 e. The van der Waals surface area contributed by atoms with E-state index in [0.717, 1.165) is 18.6 Å². The Balaban J connectivity index is 2.17. The topological polar surface area (TPSA) is 26.3 Å². The lowest BCUT2D eigenvalue weighted by atomic mass is 9.95. The van der Waals surface area contributed by atoms with Crippen LogP contribution in [0.2, 0.25) is 0 Å². The van der Waals surface area contributed by atoms with Crippen molar-refractivity contribution in [2.45, 2.75) is 39.7 Å². The molecule has 0 spiro atoms. The number of ether oxygens (including phenoxy) is 1. The first-order chi connectivity index (χ1) is 7.63. The number of hydrogen-bond acceptors (Lipinski definition) is 2. The number of Topliss-reactive ketones (excluding diaryl/α,β-unsaturated/α-hetero) is 1. The minimum atomic E-state index is -0.258. The summed E-state index contributed by atoms with van der Waals surface area (Å²) in [4.78, 5) is 12.0. The van der Waals surface area contributed by atoms with Gasteiger partial charge in [0.2, 0.25) is 0 Å². The van der Waals surface area contributed by atoms with Crippen molar-refractivity contribution < 1.29 is 9.53 Å². The van der Waals surface area contributed by atoms with Gasteiger partial charge < -0.3 is 4.74 Å². The molecule has 2 atom stereocenters. The van der Waals surface area contributed by atoms with Crippen LogP contribution in [-0.4, -0.2) is 11.9 Å². The number of ketones is 1. The molecule has 86 valence electrons. The van der Waals surface area contributed by atoms with Crippen molar-refractivity contribution >= 4 is 5.78 Å². The summed E-state index contributed by atoms with van der Waals surface area (Å²) in [6, 6.07) is 5.99.